The van der Waals surface area contributed by atoms with Crippen molar-refractivity contribution in [2.24, 2.45) is 0 Å². The van der Waals surface area contributed by atoms with Crippen molar-refractivity contribution in [3.05, 3.63) is 206 Å². The van der Waals surface area contributed by atoms with E-state index in [4.69, 9.17) is 14.4 Å². The SMILES string of the molecule is c1ccc(-c2ccc3c(c2)c2ccccc2n3-c2cc3c4ccc5c(c6ccccc6n5-c5nc(-c6ccc7ccccc7c6)c6ccccc6n5)c4oc3c3ccccc23)cc1. The Morgan fingerprint density at radius 1 is 0.333 bits per heavy atom. The van der Waals surface area contributed by atoms with Crippen molar-refractivity contribution in [3.8, 4) is 34.0 Å². The lowest BCUT2D eigenvalue weighted by Crippen LogP contribution is -2.03. The van der Waals surface area contributed by atoms with Gasteiger partial charge < -0.3 is 8.98 Å². The van der Waals surface area contributed by atoms with Gasteiger partial charge in [0.15, 0.2) is 0 Å². The molecule has 5 nitrogen and oxygen atoms in total. The summed E-state index contributed by atoms with van der Waals surface area (Å²) in [5.41, 5.74) is 12.4. The summed E-state index contributed by atoms with van der Waals surface area (Å²) >= 11 is 0. The summed E-state index contributed by atoms with van der Waals surface area (Å²) < 4.78 is 11.8. The van der Waals surface area contributed by atoms with Crippen LogP contribution in [0.15, 0.2) is 211 Å². The van der Waals surface area contributed by atoms with Gasteiger partial charge >= 0.3 is 0 Å². The van der Waals surface area contributed by atoms with Gasteiger partial charge in [-0.05, 0) is 76.5 Å². The van der Waals surface area contributed by atoms with Gasteiger partial charge in [-0.2, -0.15) is 0 Å². The van der Waals surface area contributed by atoms with Crippen molar-refractivity contribution >= 4 is 98.0 Å². The predicted molar refractivity (Wildman–Crippen MR) is 261 cm³/mol. The highest BCUT2D eigenvalue weighted by molar-refractivity contribution is 6.27. The number of hydrogen-bond donors (Lipinski definition) is 0. The molecule has 63 heavy (non-hydrogen) atoms. The maximum atomic E-state index is 7.19. The Morgan fingerprint density at radius 3 is 1.83 bits per heavy atom. The van der Waals surface area contributed by atoms with Crippen molar-refractivity contribution < 1.29 is 4.42 Å². The van der Waals surface area contributed by atoms with E-state index >= 15 is 0 Å². The number of fused-ring (bicyclic) bond motifs is 14. The molecule has 5 heteroatoms. The third kappa shape index (κ3) is 4.93. The minimum atomic E-state index is 0.619. The predicted octanol–water partition coefficient (Wildman–Crippen LogP) is 15.4. The summed E-state index contributed by atoms with van der Waals surface area (Å²) in [6.45, 7) is 0. The fourth-order valence-corrected chi connectivity index (χ4v) is 10.3. The Bertz CT molecular complexity index is 4210. The lowest BCUT2D eigenvalue weighted by atomic mass is 10.0. The molecule has 0 fully saturated rings. The van der Waals surface area contributed by atoms with Crippen molar-refractivity contribution in [1.29, 1.82) is 0 Å². The van der Waals surface area contributed by atoms with Gasteiger partial charge in [-0.1, -0.05) is 152 Å². The first-order valence-corrected chi connectivity index (χ1v) is 21.4. The van der Waals surface area contributed by atoms with Gasteiger partial charge in [0, 0.05) is 48.7 Å². The molecular formula is C58H34N4O. The fraction of sp³-hybridized carbons (Fsp3) is 0. The lowest BCUT2D eigenvalue weighted by molar-refractivity contribution is 0.676. The van der Waals surface area contributed by atoms with E-state index in [1.54, 1.807) is 0 Å². The summed E-state index contributed by atoms with van der Waals surface area (Å²) in [7, 11) is 0. The van der Waals surface area contributed by atoms with Crippen LogP contribution in [0.2, 0.25) is 0 Å². The topological polar surface area (TPSA) is 48.8 Å². The molecule has 0 unspecified atom stereocenters. The summed E-state index contributed by atoms with van der Waals surface area (Å²) in [4.78, 5) is 10.7. The number of furan rings is 1. The quantitative estimate of drug-likeness (QED) is 0.178. The number of rotatable bonds is 4. The number of aromatic nitrogens is 4. The van der Waals surface area contributed by atoms with Gasteiger partial charge in [0.2, 0.25) is 5.95 Å². The number of nitrogens with zero attached hydrogens (tertiary/aromatic N) is 4. The molecule has 0 saturated heterocycles. The second-order valence-electron chi connectivity index (χ2n) is 16.5. The van der Waals surface area contributed by atoms with E-state index in [1.165, 1.54) is 38.2 Å². The van der Waals surface area contributed by atoms with E-state index in [2.05, 4.69) is 209 Å². The zero-order chi connectivity index (χ0) is 41.2. The highest BCUT2D eigenvalue weighted by atomic mass is 16.3. The average molecular weight is 803 g/mol. The van der Waals surface area contributed by atoms with Crippen molar-refractivity contribution in [2.75, 3.05) is 0 Å². The summed E-state index contributed by atoms with van der Waals surface area (Å²) in [5.74, 6) is 0.619. The molecule has 4 heterocycles. The van der Waals surface area contributed by atoms with Crippen molar-refractivity contribution in [3.63, 3.8) is 0 Å². The molecule has 0 amide bonds. The molecule has 14 rings (SSSR count). The minimum absolute atomic E-state index is 0.619. The third-order valence-electron chi connectivity index (χ3n) is 13.1. The second-order valence-corrected chi connectivity index (χ2v) is 16.5. The molecule has 0 aliphatic rings. The van der Waals surface area contributed by atoms with Crippen LogP contribution in [0, 0.1) is 0 Å². The fourth-order valence-electron chi connectivity index (χ4n) is 10.3. The van der Waals surface area contributed by atoms with Gasteiger partial charge in [0.1, 0.15) is 11.2 Å². The molecule has 292 valence electrons. The summed E-state index contributed by atoms with van der Waals surface area (Å²) in [6.07, 6.45) is 0. The second kappa shape index (κ2) is 13.0. The van der Waals surface area contributed by atoms with Crippen LogP contribution in [-0.4, -0.2) is 19.1 Å². The Hall–Kier alpha value is -8.54. The molecule has 14 aromatic rings. The van der Waals surface area contributed by atoms with Crippen LogP contribution >= 0.6 is 0 Å². The molecule has 0 saturated carbocycles. The third-order valence-corrected chi connectivity index (χ3v) is 13.1. The maximum Gasteiger partial charge on any atom is 0.235 e. The highest BCUT2D eigenvalue weighted by Crippen LogP contribution is 2.45. The summed E-state index contributed by atoms with van der Waals surface area (Å²) in [5, 5.41) is 12.3. The van der Waals surface area contributed by atoms with Gasteiger partial charge in [-0.3, -0.25) is 4.57 Å². The minimum Gasteiger partial charge on any atom is -0.455 e. The molecule has 10 aromatic carbocycles. The van der Waals surface area contributed by atoms with Crippen LogP contribution in [0.1, 0.15) is 0 Å². The van der Waals surface area contributed by atoms with Crippen molar-refractivity contribution in [1.82, 2.24) is 19.1 Å². The Balaban J connectivity index is 1.03. The molecule has 0 bridgehead atoms. The normalized spacial score (nSPS) is 12.1. The Kier molecular flexibility index (Phi) is 7.05. The maximum absolute atomic E-state index is 7.19. The number of hydrogen-bond acceptors (Lipinski definition) is 3. The molecule has 0 radical (unpaired) electrons. The molecule has 0 spiro atoms. The molecular weight excluding hydrogens is 769 g/mol. The zero-order valence-electron chi connectivity index (χ0n) is 33.8. The van der Waals surface area contributed by atoms with Crippen LogP contribution in [0.4, 0.5) is 0 Å². The molecule has 0 atom stereocenters. The average Bonchev–Trinajstić information content (AvgIpc) is 4.01. The van der Waals surface area contributed by atoms with E-state index in [-0.39, 0.29) is 0 Å². The van der Waals surface area contributed by atoms with E-state index in [1.807, 2.05) is 6.07 Å². The molecule has 0 aliphatic carbocycles. The number of para-hydroxylation sites is 3. The van der Waals surface area contributed by atoms with E-state index < -0.39 is 0 Å². The van der Waals surface area contributed by atoms with Crippen LogP contribution in [0.5, 0.6) is 0 Å². The molecule has 0 N–H and O–H groups in total. The Labute approximate surface area is 360 Å². The largest absolute Gasteiger partial charge is 0.455 e. The first-order chi connectivity index (χ1) is 31.2. The van der Waals surface area contributed by atoms with Gasteiger partial charge in [-0.15, -0.1) is 0 Å². The van der Waals surface area contributed by atoms with Crippen molar-refractivity contribution in [2.45, 2.75) is 0 Å². The van der Waals surface area contributed by atoms with Crippen LogP contribution in [-0.2, 0) is 0 Å². The van der Waals surface area contributed by atoms with E-state index in [9.17, 15) is 0 Å². The smallest absolute Gasteiger partial charge is 0.235 e. The van der Waals surface area contributed by atoms with Crippen LogP contribution < -0.4 is 0 Å². The van der Waals surface area contributed by atoms with Gasteiger partial charge in [0.25, 0.3) is 0 Å². The summed E-state index contributed by atoms with van der Waals surface area (Å²) in [6, 6.07) is 73.6. The zero-order valence-corrected chi connectivity index (χ0v) is 33.8. The first kappa shape index (κ1) is 34.2. The lowest BCUT2D eigenvalue weighted by Gasteiger charge is -2.13. The van der Waals surface area contributed by atoms with E-state index in [0.717, 1.165) is 87.9 Å². The highest BCUT2D eigenvalue weighted by Gasteiger charge is 2.24. The molecule has 4 aromatic heterocycles. The van der Waals surface area contributed by atoms with Gasteiger partial charge in [0.05, 0.1) is 44.4 Å². The standard InChI is InChI=1S/C58H34N4O/c1-2-14-35(15-3-1)38-28-30-51-46(33-38)41-19-9-12-24-49(41)61(51)53-34-47-43-29-31-52-54(57(43)63-56(47)42-20-7-6-18-40(42)53)45-22-10-13-25-50(45)62(52)58-59-48-23-11-8-21-44(48)55(60-58)39-27-26-36-16-4-5-17-37(36)32-39/h1-34H. The van der Waals surface area contributed by atoms with Gasteiger partial charge in [-0.25, -0.2) is 9.97 Å². The Morgan fingerprint density at radius 2 is 0.968 bits per heavy atom. The first-order valence-electron chi connectivity index (χ1n) is 21.4. The molecule has 0 aliphatic heterocycles. The van der Waals surface area contributed by atoms with Crippen LogP contribution in [0.3, 0.4) is 0 Å². The van der Waals surface area contributed by atoms with E-state index in [0.29, 0.717) is 5.95 Å². The van der Waals surface area contributed by atoms with Crippen LogP contribution in [0.25, 0.3) is 132 Å². The monoisotopic (exact) mass is 802 g/mol. The number of benzene rings is 10.